The number of rotatable bonds is 6. The molecule has 1 amide bonds. The Hall–Kier alpha value is -2.74. The maximum Gasteiger partial charge on any atom is 0.325 e. The maximum atomic E-state index is 12.1. The van der Waals surface area contributed by atoms with E-state index in [1.807, 2.05) is 25.2 Å². The number of hydrogen-bond donors (Lipinski definition) is 3. The number of para-hydroxylation sites is 1. The molecule has 110 valence electrons. The highest BCUT2D eigenvalue weighted by Crippen LogP contribution is 2.15. The second-order valence-corrected chi connectivity index (χ2v) is 4.34. The van der Waals surface area contributed by atoms with Crippen LogP contribution in [0.5, 0.6) is 0 Å². The van der Waals surface area contributed by atoms with E-state index in [0.717, 1.165) is 10.2 Å². The minimum Gasteiger partial charge on any atom is -0.480 e. The van der Waals surface area contributed by atoms with Crippen LogP contribution in [0.3, 0.4) is 0 Å². The molecule has 1 aromatic carbocycles. The van der Waals surface area contributed by atoms with Crippen LogP contribution < -0.4 is 10.6 Å². The normalized spacial score (nSPS) is 10.3. The quantitative estimate of drug-likeness (QED) is 0.707. The Labute approximate surface area is 120 Å². The summed E-state index contributed by atoms with van der Waals surface area (Å²) in [7, 11) is 1.82. The summed E-state index contributed by atoms with van der Waals surface area (Å²) in [6.07, 6.45) is 1.30. The van der Waals surface area contributed by atoms with Crippen molar-refractivity contribution in [1.29, 1.82) is 0 Å². The highest BCUT2D eigenvalue weighted by atomic mass is 16.4. The summed E-state index contributed by atoms with van der Waals surface area (Å²) in [6, 6.07) is 7.38. The molecule has 0 radical (unpaired) electrons. The van der Waals surface area contributed by atoms with E-state index in [1.165, 1.54) is 6.20 Å². The second kappa shape index (κ2) is 6.62. The predicted octanol–water partition coefficient (Wildman–Crippen LogP) is 0.334. The van der Waals surface area contributed by atoms with Crippen LogP contribution in [0, 0.1) is 0 Å². The Morgan fingerprint density at radius 1 is 1.33 bits per heavy atom. The summed E-state index contributed by atoms with van der Waals surface area (Å²) < 4.78 is 1.09. The highest BCUT2D eigenvalue weighted by molar-refractivity contribution is 6.03. The third-order valence-electron chi connectivity index (χ3n) is 2.70. The molecule has 0 bridgehead atoms. The van der Waals surface area contributed by atoms with Crippen molar-refractivity contribution in [2.75, 3.05) is 12.4 Å². The number of nitrogens with zero attached hydrogens (tertiary/aromatic N) is 3. The number of carbonyl (C=O) groups is 2. The molecule has 8 heteroatoms. The molecule has 8 nitrogen and oxygen atoms in total. The van der Waals surface area contributed by atoms with E-state index in [2.05, 4.69) is 20.9 Å². The van der Waals surface area contributed by atoms with Crippen molar-refractivity contribution in [3.8, 4) is 0 Å². The maximum absolute atomic E-state index is 12.1. The first-order valence-corrected chi connectivity index (χ1v) is 6.26. The molecule has 0 saturated heterocycles. The van der Waals surface area contributed by atoms with Gasteiger partial charge in [0.05, 0.1) is 6.20 Å². The highest BCUT2D eigenvalue weighted by Gasteiger charge is 2.13. The van der Waals surface area contributed by atoms with Crippen LogP contribution >= 0.6 is 0 Å². The zero-order valence-corrected chi connectivity index (χ0v) is 11.4. The molecule has 0 fully saturated rings. The van der Waals surface area contributed by atoms with Gasteiger partial charge in [-0.05, 0) is 18.7 Å². The lowest BCUT2D eigenvalue weighted by atomic mass is 10.1. The molecule has 0 unspecified atom stereocenters. The fourth-order valence-electron chi connectivity index (χ4n) is 1.79. The van der Waals surface area contributed by atoms with Gasteiger partial charge in [0.2, 0.25) is 0 Å². The predicted molar refractivity (Wildman–Crippen MR) is 74.8 cm³/mol. The number of nitrogens with one attached hydrogen (secondary N) is 2. The molecule has 1 aromatic heterocycles. The lowest BCUT2D eigenvalue weighted by Crippen LogP contribution is -2.15. The number of aromatic nitrogens is 3. The van der Waals surface area contributed by atoms with E-state index < -0.39 is 11.9 Å². The summed E-state index contributed by atoms with van der Waals surface area (Å²) in [4.78, 5) is 22.6. The van der Waals surface area contributed by atoms with E-state index >= 15 is 0 Å². The largest absolute Gasteiger partial charge is 0.480 e. The third-order valence-corrected chi connectivity index (χ3v) is 2.70. The molecular formula is C13H15N5O3. The SMILES string of the molecule is CNCc1ccccc1NC(=O)c1cn(CC(=O)O)nn1. The van der Waals surface area contributed by atoms with Crippen molar-refractivity contribution in [3.05, 3.63) is 41.7 Å². The molecule has 0 aliphatic rings. The molecule has 2 rings (SSSR count). The van der Waals surface area contributed by atoms with Crippen LogP contribution in [0.1, 0.15) is 16.1 Å². The average Bonchev–Trinajstić information content (AvgIpc) is 2.89. The first-order valence-electron chi connectivity index (χ1n) is 6.26. The van der Waals surface area contributed by atoms with E-state index in [9.17, 15) is 9.59 Å². The molecule has 0 saturated carbocycles. The minimum atomic E-state index is -1.05. The van der Waals surface area contributed by atoms with Crippen LogP contribution in [-0.4, -0.2) is 39.0 Å². The number of carboxylic acids is 1. The van der Waals surface area contributed by atoms with E-state index in [-0.39, 0.29) is 12.2 Å². The Morgan fingerprint density at radius 2 is 2.10 bits per heavy atom. The van der Waals surface area contributed by atoms with Gasteiger partial charge < -0.3 is 15.7 Å². The number of aliphatic carboxylic acids is 1. The fraction of sp³-hybridized carbons (Fsp3) is 0.231. The number of benzene rings is 1. The Morgan fingerprint density at radius 3 is 2.81 bits per heavy atom. The molecular weight excluding hydrogens is 274 g/mol. The molecule has 1 heterocycles. The summed E-state index contributed by atoms with van der Waals surface area (Å²) in [6.45, 7) is 0.277. The van der Waals surface area contributed by atoms with Crippen LogP contribution in [0.2, 0.25) is 0 Å². The lowest BCUT2D eigenvalue weighted by Gasteiger charge is -2.09. The molecule has 0 atom stereocenters. The van der Waals surface area contributed by atoms with E-state index in [1.54, 1.807) is 6.07 Å². The smallest absolute Gasteiger partial charge is 0.325 e. The zero-order valence-electron chi connectivity index (χ0n) is 11.4. The zero-order chi connectivity index (χ0) is 15.2. The molecule has 0 spiro atoms. The standard InChI is InChI=1S/C13H15N5O3/c1-14-6-9-4-2-3-5-10(9)15-13(21)11-7-18(17-16-11)8-12(19)20/h2-5,7,14H,6,8H2,1H3,(H,15,21)(H,19,20). The van der Waals surface area contributed by atoms with Gasteiger partial charge >= 0.3 is 5.97 Å². The van der Waals surface area contributed by atoms with Gasteiger partial charge in [-0.3, -0.25) is 9.59 Å². The van der Waals surface area contributed by atoms with Crippen molar-refractivity contribution in [3.63, 3.8) is 0 Å². The van der Waals surface area contributed by atoms with Crippen molar-refractivity contribution in [1.82, 2.24) is 20.3 Å². The number of carboxylic acid groups (broad SMARTS) is 1. The second-order valence-electron chi connectivity index (χ2n) is 4.34. The van der Waals surface area contributed by atoms with Crippen LogP contribution in [0.15, 0.2) is 30.5 Å². The Balaban J connectivity index is 2.11. The Bertz CT molecular complexity index is 653. The first kappa shape index (κ1) is 14.7. The van der Waals surface area contributed by atoms with Gasteiger partial charge in [-0.1, -0.05) is 23.4 Å². The van der Waals surface area contributed by atoms with Crippen LogP contribution in [0.4, 0.5) is 5.69 Å². The van der Waals surface area contributed by atoms with Gasteiger partial charge in [0.25, 0.3) is 5.91 Å². The summed E-state index contributed by atoms with van der Waals surface area (Å²) in [5, 5.41) is 21.7. The topological polar surface area (TPSA) is 109 Å². The number of amides is 1. The van der Waals surface area contributed by atoms with Gasteiger partial charge in [0.15, 0.2) is 5.69 Å². The Kier molecular flexibility index (Phi) is 4.62. The van der Waals surface area contributed by atoms with Crippen molar-refractivity contribution in [2.45, 2.75) is 13.1 Å². The van der Waals surface area contributed by atoms with Crippen molar-refractivity contribution in [2.24, 2.45) is 0 Å². The molecule has 2 aromatic rings. The monoisotopic (exact) mass is 289 g/mol. The van der Waals surface area contributed by atoms with E-state index in [0.29, 0.717) is 12.2 Å². The lowest BCUT2D eigenvalue weighted by molar-refractivity contribution is -0.137. The first-order chi connectivity index (χ1) is 10.1. The van der Waals surface area contributed by atoms with Crippen molar-refractivity contribution >= 4 is 17.6 Å². The van der Waals surface area contributed by atoms with Crippen LogP contribution in [0.25, 0.3) is 0 Å². The van der Waals surface area contributed by atoms with Gasteiger partial charge in [-0.15, -0.1) is 5.10 Å². The molecule has 0 aliphatic heterocycles. The number of hydrogen-bond acceptors (Lipinski definition) is 5. The van der Waals surface area contributed by atoms with Gasteiger partial charge in [0, 0.05) is 12.2 Å². The van der Waals surface area contributed by atoms with E-state index in [4.69, 9.17) is 5.11 Å². The molecule has 3 N–H and O–H groups in total. The average molecular weight is 289 g/mol. The van der Waals surface area contributed by atoms with Gasteiger partial charge in [-0.2, -0.15) is 0 Å². The fourth-order valence-corrected chi connectivity index (χ4v) is 1.79. The summed E-state index contributed by atoms with van der Waals surface area (Å²) >= 11 is 0. The van der Waals surface area contributed by atoms with Crippen LogP contribution in [-0.2, 0) is 17.9 Å². The number of anilines is 1. The third kappa shape index (κ3) is 3.86. The molecule has 0 aliphatic carbocycles. The summed E-state index contributed by atoms with van der Waals surface area (Å²) in [5.41, 5.74) is 1.67. The summed E-state index contributed by atoms with van der Waals surface area (Å²) in [5.74, 6) is -1.48. The van der Waals surface area contributed by atoms with Crippen molar-refractivity contribution < 1.29 is 14.7 Å². The van der Waals surface area contributed by atoms with Gasteiger partial charge in [0.1, 0.15) is 6.54 Å². The molecule has 21 heavy (non-hydrogen) atoms. The number of carbonyl (C=O) groups excluding carboxylic acids is 1. The van der Waals surface area contributed by atoms with Gasteiger partial charge in [-0.25, -0.2) is 4.68 Å². The minimum absolute atomic E-state index is 0.0653.